The number of aryl methyl sites for hydroxylation is 1. The molecule has 178 valence electrons. The Morgan fingerprint density at radius 2 is 1.55 bits per heavy atom. The van der Waals surface area contributed by atoms with Gasteiger partial charge >= 0.3 is 0 Å². The largest absolute Gasteiger partial charge is 0.336 e. The van der Waals surface area contributed by atoms with E-state index >= 15 is 0 Å². The molecule has 1 aromatic heterocycles. The molecule has 10 heteroatoms. The second kappa shape index (κ2) is 9.76. The number of likely N-dealkylation sites (N-methyl/N-ethyl adjacent to an activating group) is 1. The molecule has 0 bridgehead atoms. The number of carbonyl (C=O) groups excluding carboxylic acids is 1. The first-order valence-corrected chi connectivity index (χ1v) is 12.6. The van der Waals surface area contributed by atoms with E-state index < -0.39 is 10.2 Å². The van der Waals surface area contributed by atoms with Crippen LogP contribution in [0.1, 0.15) is 21.5 Å². The predicted octanol–water partition coefficient (Wildman–Crippen LogP) is 0.455. The molecule has 2 aromatic rings. The second-order valence-electron chi connectivity index (χ2n) is 8.75. The Kier molecular flexibility index (Phi) is 6.99. The van der Waals surface area contributed by atoms with E-state index in [2.05, 4.69) is 4.90 Å². The molecule has 0 radical (unpaired) electrons. The molecular formula is C23H31N5O4S. The van der Waals surface area contributed by atoms with Crippen LogP contribution < -0.4 is 5.56 Å². The highest BCUT2D eigenvalue weighted by atomic mass is 32.2. The fourth-order valence-corrected chi connectivity index (χ4v) is 5.88. The van der Waals surface area contributed by atoms with Crippen molar-refractivity contribution in [3.63, 3.8) is 0 Å². The molecule has 2 aliphatic heterocycles. The van der Waals surface area contributed by atoms with E-state index in [9.17, 15) is 18.0 Å². The number of aromatic nitrogens is 1. The molecule has 0 N–H and O–H groups in total. The summed E-state index contributed by atoms with van der Waals surface area (Å²) in [5.74, 6) is -0.352. The van der Waals surface area contributed by atoms with Gasteiger partial charge in [0.05, 0.1) is 6.54 Å². The third kappa shape index (κ3) is 5.19. The van der Waals surface area contributed by atoms with Crippen LogP contribution in [0.4, 0.5) is 0 Å². The number of nitrogens with zero attached hydrogens (tertiary/aromatic N) is 5. The number of rotatable bonds is 5. The average molecular weight is 474 g/mol. The first kappa shape index (κ1) is 23.6. The number of benzene rings is 1. The van der Waals surface area contributed by atoms with Crippen LogP contribution in [0.15, 0.2) is 47.4 Å². The number of amides is 1. The minimum atomic E-state index is -3.54. The van der Waals surface area contributed by atoms with Crippen LogP contribution in [0.2, 0.25) is 0 Å². The smallest absolute Gasteiger partial charge is 0.282 e. The van der Waals surface area contributed by atoms with Gasteiger partial charge in [0.15, 0.2) is 0 Å². The van der Waals surface area contributed by atoms with E-state index in [0.717, 1.165) is 11.1 Å². The summed E-state index contributed by atoms with van der Waals surface area (Å²) in [6.07, 6.45) is 1.68. The zero-order valence-electron chi connectivity index (χ0n) is 19.2. The lowest BCUT2D eigenvalue weighted by atomic mass is 10.1. The summed E-state index contributed by atoms with van der Waals surface area (Å²) in [5, 5.41) is 0. The summed E-state index contributed by atoms with van der Waals surface area (Å²) in [4.78, 5) is 29.8. The quantitative estimate of drug-likeness (QED) is 0.630. The Bertz CT molecular complexity index is 1160. The SMILES string of the molecule is Cc1cccc(Cn2cccc(C(=O)N3CCN(S(=O)(=O)N4CCN(C)CC4)CC3)c2=O)c1. The molecule has 9 nitrogen and oxygen atoms in total. The van der Waals surface area contributed by atoms with Crippen molar-refractivity contribution in [2.45, 2.75) is 13.5 Å². The van der Waals surface area contributed by atoms with E-state index in [4.69, 9.17) is 0 Å². The summed E-state index contributed by atoms with van der Waals surface area (Å²) < 4.78 is 30.4. The van der Waals surface area contributed by atoms with Crippen molar-refractivity contribution < 1.29 is 13.2 Å². The molecule has 0 aliphatic carbocycles. The molecule has 2 aliphatic rings. The van der Waals surface area contributed by atoms with Crippen LogP contribution >= 0.6 is 0 Å². The molecule has 33 heavy (non-hydrogen) atoms. The van der Waals surface area contributed by atoms with Crippen LogP contribution in [0.3, 0.4) is 0 Å². The molecule has 3 heterocycles. The van der Waals surface area contributed by atoms with E-state index in [1.165, 1.54) is 13.2 Å². The van der Waals surface area contributed by atoms with Crippen LogP contribution in [-0.4, -0.2) is 96.7 Å². The fraction of sp³-hybridized carbons (Fsp3) is 0.478. The van der Waals surface area contributed by atoms with Gasteiger partial charge < -0.3 is 14.4 Å². The molecule has 4 rings (SSSR count). The minimum Gasteiger partial charge on any atom is -0.336 e. The van der Waals surface area contributed by atoms with Gasteiger partial charge in [-0.05, 0) is 31.7 Å². The van der Waals surface area contributed by atoms with Crippen LogP contribution in [0, 0.1) is 6.92 Å². The molecule has 0 saturated carbocycles. The topological polar surface area (TPSA) is 86.2 Å². The maximum absolute atomic E-state index is 13.1. The number of carbonyl (C=O) groups is 1. The molecule has 2 saturated heterocycles. The lowest BCUT2D eigenvalue weighted by molar-refractivity contribution is 0.0689. The van der Waals surface area contributed by atoms with E-state index in [1.54, 1.807) is 23.2 Å². The normalized spacial score (nSPS) is 19.0. The summed E-state index contributed by atoms with van der Waals surface area (Å²) in [6, 6.07) is 11.2. The third-order valence-electron chi connectivity index (χ3n) is 6.33. The molecule has 0 atom stereocenters. The maximum Gasteiger partial charge on any atom is 0.282 e. The van der Waals surface area contributed by atoms with Crippen LogP contribution in [0.25, 0.3) is 0 Å². The first-order chi connectivity index (χ1) is 15.8. The van der Waals surface area contributed by atoms with Crippen molar-refractivity contribution in [2.75, 3.05) is 59.4 Å². The summed E-state index contributed by atoms with van der Waals surface area (Å²) >= 11 is 0. The van der Waals surface area contributed by atoms with Crippen molar-refractivity contribution in [3.8, 4) is 0 Å². The highest BCUT2D eigenvalue weighted by Crippen LogP contribution is 2.15. The van der Waals surface area contributed by atoms with Gasteiger partial charge in [0.2, 0.25) is 0 Å². The highest BCUT2D eigenvalue weighted by molar-refractivity contribution is 7.86. The number of hydrogen-bond acceptors (Lipinski definition) is 5. The van der Waals surface area contributed by atoms with Crippen LogP contribution in [-0.2, 0) is 16.8 Å². The molecule has 1 amide bonds. The Hall–Kier alpha value is -2.53. The molecule has 0 spiro atoms. The molecular weight excluding hydrogens is 442 g/mol. The van der Waals surface area contributed by atoms with Gasteiger partial charge in [-0.25, -0.2) is 0 Å². The molecule has 1 aromatic carbocycles. The standard InChI is InChI=1S/C23H31N5O4S/c1-19-5-3-6-20(17-19)18-26-8-4-7-21(23(26)30)22(29)25-11-15-28(16-12-25)33(31,32)27-13-9-24(2)10-14-27/h3-8,17H,9-16,18H2,1-2H3. The van der Waals surface area contributed by atoms with Gasteiger partial charge in [0.1, 0.15) is 5.56 Å². The van der Waals surface area contributed by atoms with Gasteiger partial charge in [-0.15, -0.1) is 0 Å². The Balaban J connectivity index is 1.42. The lowest BCUT2D eigenvalue weighted by Crippen LogP contribution is -2.57. The zero-order chi connectivity index (χ0) is 23.6. The van der Waals surface area contributed by atoms with Crippen LogP contribution in [0.5, 0.6) is 0 Å². The van der Waals surface area contributed by atoms with Crippen molar-refractivity contribution in [1.82, 2.24) is 23.0 Å². The zero-order valence-corrected chi connectivity index (χ0v) is 20.0. The average Bonchev–Trinajstić information content (AvgIpc) is 2.80. The fourth-order valence-electron chi connectivity index (χ4n) is 4.31. The van der Waals surface area contributed by atoms with Gasteiger partial charge in [-0.3, -0.25) is 9.59 Å². The molecule has 2 fully saturated rings. The maximum atomic E-state index is 13.1. The van der Waals surface area contributed by atoms with Crippen molar-refractivity contribution in [3.05, 3.63) is 69.6 Å². The van der Waals surface area contributed by atoms with Gasteiger partial charge in [-0.1, -0.05) is 29.8 Å². The Morgan fingerprint density at radius 1 is 0.909 bits per heavy atom. The third-order valence-corrected chi connectivity index (χ3v) is 8.36. The monoisotopic (exact) mass is 473 g/mol. The van der Waals surface area contributed by atoms with Crippen molar-refractivity contribution in [1.29, 1.82) is 0 Å². The first-order valence-electron chi connectivity index (χ1n) is 11.2. The van der Waals surface area contributed by atoms with E-state index in [1.807, 2.05) is 38.2 Å². The number of piperazine rings is 2. The number of hydrogen-bond donors (Lipinski definition) is 0. The highest BCUT2D eigenvalue weighted by Gasteiger charge is 2.35. The van der Waals surface area contributed by atoms with E-state index in [-0.39, 0.29) is 43.2 Å². The number of pyridine rings is 1. The summed E-state index contributed by atoms with van der Waals surface area (Å²) in [6.45, 7) is 5.73. The van der Waals surface area contributed by atoms with Crippen molar-refractivity contribution in [2.24, 2.45) is 0 Å². The Labute approximate surface area is 195 Å². The van der Waals surface area contributed by atoms with E-state index in [0.29, 0.717) is 32.7 Å². The molecule has 0 unspecified atom stereocenters. The van der Waals surface area contributed by atoms with Gasteiger partial charge in [0.25, 0.3) is 21.7 Å². The lowest BCUT2D eigenvalue weighted by Gasteiger charge is -2.39. The van der Waals surface area contributed by atoms with Crippen molar-refractivity contribution >= 4 is 16.1 Å². The van der Waals surface area contributed by atoms with Gasteiger partial charge in [0, 0.05) is 58.6 Å². The summed E-state index contributed by atoms with van der Waals surface area (Å²) in [5.41, 5.74) is 1.87. The Morgan fingerprint density at radius 3 is 2.18 bits per heavy atom. The summed E-state index contributed by atoms with van der Waals surface area (Å²) in [7, 11) is -1.56. The minimum absolute atomic E-state index is 0.112. The predicted molar refractivity (Wildman–Crippen MR) is 126 cm³/mol. The second-order valence-corrected chi connectivity index (χ2v) is 10.7. The van der Waals surface area contributed by atoms with Gasteiger partial charge in [-0.2, -0.15) is 17.0 Å².